The van der Waals surface area contributed by atoms with Crippen LogP contribution in [-0.2, 0) is 4.52 Å². The van der Waals surface area contributed by atoms with Gasteiger partial charge in [0, 0.05) is 12.1 Å². The van der Waals surface area contributed by atoms with Crippen LogP contribution in [0.15, 0.2) is 0 Å². The summed E-state index contributed by atoms with van der Waals surface area (Å²) in [6, 6.07) is 1.62. The Morgan fingerprint density at radius 1 is 1.46 bits per heavy atom. The van der Waals surface area contributed by atoms with Crippen LogP contribution in [0.3, 0.4) is 0 Å². The average molecular weight is 199 g/mol. The largest absolute Gasteiger partial charge is 0.345 e. The van der Waals surface area contributed by atoms with E-state index in [2.05, 4.69) is 11.6 Å². The van der Waals surface area contributed by atoms with Crippen LogP contribution in [0.5, 0.6) is 0 Å². The van der Waals surface area contributed by atoms with E-state index in [-0.39, 0.29) is 0 Å². The van der Waals surface area contributed by atoms with E-state index in [1.165, 1.54) is 32.1 Å². The van der Waals surface area contributed by atoms with Crippen molar-refractivity contribution in [2.45, 2.75) is 51.1 Å². The molecule has 3 fully saturated rings. The van der Waals surface area contributed by atoms with Gasteiger partial charge in [0.1, 0.15) is 0 Å². The van der Waals surface area contributed by atoms with Crippen LogP contribution in [0, 0.1) is 5.41 Å². The Kier molecular flexibility index (Phi) is 1.94. The van der Waals surface area contributed by atoms with Gasteiger partial charge in [-0.25, -0.2) is 0 Å². The molecule has 3 rings (SSSR count). The van der Waals surface area contributed by atoms with E-state index in [1.807, 2.05) is 0 Å². The lowest BCUT2D eigenvalue weighted by molar-refractivity contribution is 0.163. The third-order valence-corrected chi connectivity index (χ3v) is 5.34. The van der Waals surface area contributed by atoms with Crippen LogP contribution in [0.2, 0.25) is 0 Å². The van der Waals surface area contributed by atoms with Gasteiger partial charge in [0.25, 0.3) is 0 Å². The molecule has 0 radical (unpaired) electrons. The first-order valence-electron chi connectivity index (χ1n) is 5.45. The molecule has 0 aromatic heterocycles. The Balaban J connectivity index is 1.87. The maximum atomic E-state index is 5.56. The molecule has 0 bridgehead atoms. The van der Waals surface area contributed by atoms with Crippen LogP contribution in [0.1, 0.15) is 39.0 Å². The average Bonchev–Trinajstić information content (AvgIpc) is 2.60. The van der Waals surface area contributed by atoms with Crippen molar-refractivity contribution in [2.24, 2.45) is 5.41 Å². The Bertz CT molecular complexity index is 223. The van der Waals surface area contributed by atoms with E-state index >= 15 is 0 Å². The zero-order valence-electron chi connectivity index (χ0n) is 8.25. The normalized spacial score (nSPS) is 52.4. The molecule has 1 unspecified atom stereocenters. The molecule has 2 nitrogen and oxygen atoms in total. The van der Waals surface area contributed by atoms with Crippen LogP contribution in [-0.4, -0.2) is 23.4 Å². The fourth-order valence-electron chi connectivity index (χ4n) is 3.47. The van der Waals surface area contributed by atoms with Gasteiger partial charge in [-0.2, -0.15) is 0 Å². The predicted octanol–water partition coefficient (Wildman–Crippen LogP) is 2.55. The maximum Gasteiger partial charge on any atom is 0.0896 e. The molecular weight excluding hydrogens is 181 g/mol. The number of rotatable bonds is 0. The van der Waals surface area contributed by atoms with Gasteiger partial charge in [-0.3, -0.25) is 4.67 Å². The van der Waals surface area contributed by atoms with Gasteiger partial charge in [0.05, 0.1) is 15.6 Å². The Morgan fingerprint density at radius 3 is 3.31 bits per heavy atom. The molecule has 13 heavy (non-hydrogen) atoms. The van der Waals surface area contributed by atoms with Gasteiger partial charge < -0.3 is 4.52 Å². The van der Waals surface area contributed by atoms with Crippen molar-refractivity contribution in [2.75, 3.05) is 6.61 Å². The molecule has 2 saturated heterocycles. The fraction of sp³-hybridized carbons (Fsp3) is 1.00. The molecule has 3 aliphatic rings. The molecule has 3 heteroatoms. The SMILES string of the molecule is C[C@@]12CCCC[C@@H]1N1POC[C@@H]1C2. The molecule has 2 heterocycles. The molecular formula is C10H18NOP. The third kappa shape index (κ3) is 1.19. The van der Waals surface area contributed by atoms with Crippen LogP contribution in [0.25, 0.3) is 0 Å². The number of hydrogen-bond donors (Lipinski definition) is 0. The molecule has 0 aromatic carbocycles. The highest BCUT2D eigenvalue weighted by molar-refractivity contribution is 7.29. The Hall–Kier alpha value is 0.350. The van der Waals surface area contributed by atoms with Gasteiger partial charge in [-0.1, -0.05) is 19.8 Å². The standard InChI is InChI=1S/C10H18NOP/c1-10-5-3-2-4-9(10)11-8(6-10)7-12-13-11/h8-9,13H,2-7H2,1H3/t8-,9-,10-/m0/s1. The van der Waals surface area contributed by atoms with Crippen molar-refractivity contribution >= 4 is 8.96 Å². The molecule has 1 saturated carbocycles. The van der Waals surface area contributed by atoms with Crippen molar-refractivity contribution in [3.05, 3.63) is 0 Å². The maximum absolute atomic E-state index is 5.56. The molecule has 0 N–H and O–H groups in total. The minimum Gasteiger partial charge on any atom is -0.345 e. The van der Waals surface area contributed by atoms with Crippen molar-refractivity contribution in [1.29, 1.82) is 0 Å². The first kappa shape index (κ1) is 8.64. The first-order chi connectivity index (χ1) is 6.30. The molecule has 2 aliphatic heterocycles. The summed E-state index contributed by atoms with van der Waals surface area (Å²) < 4.78 is 8.21. The monoisotopic (exact) mass is 199 g/mol. The number of fused-ring (bicyclic) bond motifs is 3. The third-order valence-electron chi connectivity index (χ3n) is 4.16. The van der Waals surface area contributed by atoms with Crippen LogP contribution in [0.4, 0.5) is 0 Å². The van der Waals surface area contributed by atoms with Crippen molar-refractivity contribution in [3.63, 3.8) is 0 Å². The van der Waals surface area contributed by atoms with Gasteiger partial charge in [0.2, 0.25) is 0 Å². The summed E-state index contributed by atoms with van der Waals surface area (Å²) in [6.07, 6.45) is 7.16. The molecule has 0 aromatic rings. The Morgan fingerprint density at radius 2 is 2.38 bits per heavy atom. The van der Waals surface area contributed by atoms with E-state index in [1.54, 1.807) is 0 Å². The van der Waals surface area contributed by atoms with E-state index in [9.17, 15) is 0 Å². The lowest BCUT2D eigenvalue weighted by atomic mass is 9.72. The zero-order valence-corrected chi connectivity index (χ0v) is 9.25. The quantitative estimate of drug-likeness (QED) is 0.556. The van der Waals surface area contributed by atoms with E-state index in [0.717, 1.165) is 18.7 Å². The topological polar surface area (TPSA) is 12.5 Å². The second-order valence-electron chi connectivity index (χ2n) is 5.08. The smallest absolute Gasteiger partial charge is 0.0896 e. The summed E-state index contributed by atoms with van der Waals surface area (Å²) in [5.74, 6) is 0. The molecule has 74 valence electrons. The number of hydrogen-bond acceptors (Lipinski definition) is 2. The van der Waals surface area contributed by atoms with Gasteiger partial charge in [-0.05, 0) is 24.7 Å². The van der Waals surface area contributed by atoms with Crippen molar-refractivity contribution in [3.8, 4) is 0 Å². The zero-order chi connectivity index (χ0) is 8.89. The van der Waals surface area contributed by atoms with E-state index < -0.39 is 0 Å². The van der Waals surface area contributed by atoms with Crippen molar-refractivity contribution < 1.29 is 4.52 Å². The second kappa shape index (κ2) is 2.92. The number of nitrogens with zero attached hydrogens (tertiary/aromatic N) is 1. The lowest BCUT2D eigenvalue weighted by Gasteiger charge is -2.38. The summed E-state index contributed by atoms with van der Waals surface area (Å²) in [4.78, 5) is 0. The van der Waals surface area contributed by atoms with Gasteiger partial charge in [0.15, 0.2) is 0 Å². The minimum absolute atomic E-state index is 0.639. The minimum atomic E-state index is 0.639. The highest BCUT2D eigenvalue weighted by atomic mass is 31.1. The molecule has 4 atom stereocenters. The van der Waals surface area contributed by atoms with E-state index in [4.69, 9.17) is 4.52 Å². The first-order valence-corrected chi connectivity index (χ1v) is 6.31. The molecule has 0 amide bonds. The summed E-state index contributed by atoms with van der Waals surface area (Å²) in [7, 11) is 0.667. The predicted molar refractivity (Wildman–Crippen MR) is 54.9 cm³/mol. The fourth-order valence-corrected chi connectivity index (χ4v) is 4.77. The van der Waals surface area contributed by atoms with Crippen LogP contribution >= 0.6 is 8.96 Å². The molecule has 1 aliphatic carbocycles. The van der Waals surface area contributed by atoms with Crippen LogP contribution < -0.4 is 0 Å². The summed E-state index contributed by atoms with van der Waals surface area (Å²) >= 11 is 0. The second-order valence-corrected chi connectivity index (χ2v) is 6.07. The summed E-state index contributed by atoms with van der Waals surface area (Å²) in [5.41, 5.74) is 0.639. The van der Waals surface area contributed by atoms with E-state index in [0.29, 0.717) is 14.4 Å². The Labute approximate surface area is 81.9 Å². The summed E-state index contributed by atoms with van der Waals surface area (Å²) in [5, 5.41) is 0. The highest BCUT2D eigenvalue weighted by Crippen LogP contribution is 2.55. The van der Waals surface area contributed by atoms with Gasteiger partial charge >= 0.3 is 0 Å². The van der Waals surface area contributed by atoms with Crippen molar-refractivity contribution in [1.82, 2.24) is 4.67 Å². The van der Waals surface area contributed by atoms with Gasteiger partial charge in [-0.15, -0.1) is 0 Å². The summed E-state index contributed by atoms with van der Waals surface area (Å²) in [6.45, 7) is 3.50. The lowest BCUT2D eigenvalue weighted by Crippen LogP contribution is -2.36. The highest BCUT2D eigenvalue weighted by Gasteiger charge is 2.51. The molecule has 0 spiro atoms.